The molecule has 0 aromatic heterocycles. The fourth-order valence-corrected chi connectivity index (χ4v) is 9.78. The number of fused-ring (bicyclic) bond motifs is 2. The first-order valence-corrected chi connectivity index (χ1v) is 22.4. The lowest BCUT2D eigenvalue weighted by Crippen LogP contribution is -2.56. The number of methoxy groups -OCH3 is 2. The van der Waals surface area contributed by atoms with Crippen LogP contribution in [0.1, 0.15) is 33.4 Å². The van der Waals surface area contributed by atoms with Crippen molar-refractivity contribution in [3.05, 3.63) is 106 Å². The number of halogens is 6. The summed E-state index contributed by atoms with van der Waals surface area (Å²) in [6.07, 6.45) is -5.39. The van der Waals surface area contributed by atoms with E-state index in [-0.39, 0.29) is 97.7 Å². The van der Waals surface area contributed by atoms with Crippen LogP contribution in [0.15, 0.2) is 82.6 Å². The molecule has 2 fully saturated rings. The van der Waals surface area contributed by atoms with Crippen LogP contribution in [0, 0.1) is 0 Å². The van der Waals surface area contributed by atoms with Crippen molar-refractivity contribution in [2.24, 2.45) is 0 Å². The molecule has 4 aromatic rings. The number of alkyl halides is 6. The summed E-state index contributed by atoms with van der Waals surface area (Å²) >= 11 is 0.249. The molecule has 0 spiro atoms. The molecule has 14 nitrogen and oxygen atoms in total. The van der Waals surface area contributed by atoms with Gasteiger partial charge in [0.2, 0.25) is 11.8 Å². The Labute approximate surface area is 395 Å². The lowest BCUT2D eigenvalue weighted by atomic mass is 9.91. The quantitative estimate of drug-likeness (QED) is 0.0733. The Morgan fingerprint density at radius 3 is 1.45 bits per heavy atom. The van der Waals surface area contributed by atoms with Crippen LogP contribution >= 0.6 is 11.8 Å². The maximum absolute atomic E-state index is 15.9. The number of carbonyl (C=O) groups excluding carboxylic acids is 4. The number of nitrogens with zero attached hydrogens (tertiary/aromatic N) is 2. The highest BCUT2D eigenvalue weighted by Gasteiger charge is 2.42. The average Bonchev–Trinajstić information content (AvgIpc) is 3.35. The molecule has 2 atom stereocenters. The Bertz CT molecular complexity index is 2530. The van der Waals surface area contributed by atoms with Crippen molar-refractivity contribution in [2.75, 3.05) is 66.7 Å². The van der Waals surface area contributed by atoms with E-state index >= 15 is 26.3 Å². The van der Waals surface area contributed by atoms with Gasteiger partial charge in [0.15, 0.2) is 11.5 Å². The van der Waals surface area contributed by atoms with Gasteiger partial charge in [-0.15, -0.1) is 0 Å². The van der Waals surface area contributed by atoms with Gasteiger partial charge >= 0.3 is 24.3 Å². The fourth-order valence-electron chi connectivity index (χ4n) is 8.63. The SMILES string of the molecule is COC(=O)C1CNCCN1C(=O)C=Cc1ccc(Sc2ccc(C=CC(=O)N3CCNCC3C(=O)OC)c(-c3ccc4c(c3)CCOO4)c2C(F)(F)F)c(C(F)(F)F)c1-c1ccc2c(c1)CCOO2. The highest BCUT2D eigenvalue weighted by Crippen LogP contribution is 2.52. The lowest BCUT2D eigenvalue weighted by Gasteiger charge is -2.33. The molecule has 2 N–H and O–H groups in total. The summed E-state index contributed by atoms with van der Waals surface area (Å²) in [6.45, 7) is 1.24. The molecule has 2 amide bonds. The van der Waals surface area contributed by atoms with Gasteiger partial charge in [0.1, 0.15) is 12.1 Å². The van der Waals surface area contributed by atoms with Gasteiger partial charge in [-0.1, -0.05) is 36.0 Å². The van der Waals surface area contributed by atoms with Crippen molar-refractivity contribution in [3.8, 4) is 33.8 Å². The molecule has 4 heterocycles. The second-order valence-corrected chi connectivity index (χ2v) is 17.2. The van der Waals surface area contributed by atoms with E-state index in [0.717, 1.165) is 24.3 Å². The van der Waals surface area contributed by atoms with Crippen molar-refractivity contribution < 1.29 is 74.5 Å². The Balaban J connectivity index is 1.28. The van der Waals surface area contributed by atoms with Crippen LogP contribution in [-0.4, -0.2) is 112 Å². The highest BCUT2D eigenvalue weighted by molar-refractivity contribution is 7.99. The van der Waals surface area contributed by atoms with Crippen LogP contribution in [-0.2, 0) is 63.6 Å². The Morgan fingerprint density at radius 1 is 0.638 bits per heavy atom. The molecule has 0 bridgehead atoms. The molecule has 21 heteroatoms. The number of nitrogens with one attached hydrogen (secondary N) is 2. The van der Waals surface area contributed by atoms with Gasteiger partial charge in [-0.3, -0.25) is 9.59 Å². The largest absolute Gasteiger partial charge is 0.467 e. The van der Waals surface area contributed by atoms with Crippen molar-refractivity contribution in [1.82, 2.24) is 20.4 Å². The molecular formula is C48H44F6N4O10S. The van der Waals surface area contributed by atoms with Crippen molar-refractivity contribution in [2.45, 2.75) is 47.1 Å². The van der Waals surface area contributed by atoms with Crippen molar-refractivity contribution in [1.29, 1.82) is 0 Å². The monoisotopic (exact) mass is 982 g/mol. The number of amides is 2. The first-order valence-electron chi connectivity index (χ1n) is 21.6. The number of hydrogen-bond donors (Lipinski definition) is 2. The summed E-state index contributed by atoms with van der Waals surface area (Å²) in [7, 11) is 2.33. The zero-order valence-electron chi connectivity index (χ0n) is 37.0. The van der Waals surface area contributed by atoms with Crippen molar-refractivity contribution in [3.63, 3.8) is 0 Å². The van der Waals surface area contributed by atoms with Crippen LogP contribution in [0.3, 0.4) is 0 Å². The third-order valence-electron chi connectivity index (χ3n) is 11.9. The molecule has 364 valence electrons. The number of piperazine rings is 2. The zero-order valence-corrected chi connectivity index (χ0v) is 37.8. The third-order valence-corrected chi connectivity index (χ3v) is 13.0. The number of esters is 2. The minimum atomic E-state index is -5.19. The second kappa shape index (κ2) is 20.7. The van der Waals surface area contributed by atoms with E-state index in [9.17, 15) is 19.2 Å². The molecule has 4 aliphatic heterocycles. The summed E-state index contributed by atoms with van der Waals surface area (Å²) in [5.41, 5.74) is -2.57. The number of hydrogen-bond acceptors (Lipinski definition) is 13. The van der Waals surface area contributed by atoms with Crippen LogP contribution in [0.2, 0.25) is 0 Å². The van der Waals surface area contributed by atoms with Gasteiger partial charge in [0.05, 0.1) is 38.6 Å². The van der Waals surface area contributed by atoms with Gasteiger partial charge in [-0.05, 0) is 70.8 Å². The topological polar surface area (TPSA) is 154 Å². The van der Waals surface area contributed by atoms with Crippen LogP contribution in [0.25, 0.3) is 34.4 Å². The molecule has 0 saturated carbocycles. The Hall–Kier alpha value is -6.39. The molecule has 0 radical (unpaired) electrons. The van der Waals surface area contributed by atoms with E-state index in [1.807, 2.05) is 0 Å². The highest BCUT2D eigenvalue weighted by atomic mass is 32.2. The van der Waals surface area contributed by atoms with Crippen LogP contribution in [0.5, 0.6) is 11.5 Å². The maximum atomic E-state index is 15.9. The summed E-state index contributed by atoms with van der Waals surface area (Å²) in [5, 5.41) is 6.01. The normalized spacial score (nSPS) is 18.6. The van der Waals surface area contributed by atoms with Crippen LogP contribution < -0.4 is 20.4 Å². The van der Waals surface area contributed by atoms with Gasteiger partial charge in [-0.25, -0.2) is 9.59 Å². The Morgan fingerprint density at radius 2 is 1.06 bits per heavy atom. The molecule has 4 aromatic carbocycles. The fraction of sp³-hybridized carbons (Fsp3) is 0.333. The minimum absolute atomic E-state index is 0.0248. The predicted molar refractivity (Wildman–Crippen MR) is 237 cm³/mol. The zero-order chi connectivity index (χ0) is 49.0. The maximum Gasteiger partial charge on any atom is 0.418 e. The second-order valence-electron chi connectivity index (χ2n) is 16.1. The molecule has 69 heavy (non-hydrogen) atoms. The van der Waals surface area contributed by atoms with Gasteiger partial charge in [-0.2, -0.15) is 36.1 Å². The third kappa shape index (κ3) is 10.6. The summed E-state index contributed by atoms with van der Waals surface area (Å²) in [5.74, 6) is -2.22. The molecule has 2 saturated heterocycles. The van der Waals surface area contributed by atoms with Gasteiger partial charge in [0.25, 0.3) is 0 Å². The van der Waals surface area contributed by atoms with E-state index in [1.54, 1.807) is 0 Å². The van der Waals surface area contributed by atoms with E-state index in [0.29, 0.717) is 24.2 Å². The van der Waals surface area contributed by atoms with Gasteiger partial charge in [0, 0.05) is 96.3 Å². The Kier molecular flexibility index (Phi) is 14.7. The molecular weight excluding hydrogens is 939 g/mol. The molecule has 8 rings (SSSR count). The lowest BCUT2D eigenvalue weighted by molar-refractivity contribution is -0.215. The van der Waals surface area contributed by atoms with E-state index in [2.05, 4.69) is 10.6 Å². The first kappa shape index (κ1) is 49.0. The first-order chi connectivity index (χ1) is 33.1. The van der Waals surface area contributed by atoms with E-state index < -0.39 is 80.2 Å². The van der Waals surface area contributed by atoms with Crippen LogP contribution in [0.4, 0.5) is 26.3 Å². The molecule has 4 aliphatic rings. The average molecular weight is 983 g/mol. The minimum Gasteiger partial charge on any atom is -0.467 e. The molecule has 0 aliphatic carbocycles. The smallest absolute Gasteiger partial charge is 0.418 e. The van der Waals surface area contributed by atoms with Crippen molar-refractivity contribution >= 4 is 47.7 Å². The summed E-state index contributed by atoms with van der Waals surface area (Å²) in [6, 6.07) is 11.2. The number of carbonyl (C=O) groups is 4. The summed E-state index contributed by atoms with van der Waals surface area (Å²) in [4.78, 5) is 74.2. The standard InChI is InChI=1S/C48H44F6N4O10S/c1-63-45(61)33-25-55-17-19-57(33)39(59)13-7-27-5-11-37(43(47(49,50)51)41(27)31-3-9-35-29(23-31)15-21-65-67-35)69-38-12-6-28(8-14-40(60)58-20-18-56-26-34(58)46(62)64-2)42(44(38)48(52,53)54)32-4-10-36-30(24-32)16-22-66-68-36/h3-14,23-24,33-34,55-56H,15-22,25-26H2,1-2H3. The molecule has 2 unspecified atom stereocenters. The number of benzene rings is 4. The number of rotatable bonds is 10. The van der Waals surface area contributed by atoms with E-state index in [4.69, 9.17) is 29.0 Å². The summed E-state index contributed by atoms with van der Waals surface area (Å²) < 4.78 is 105. The predicted octanol–water partition coefficient (Wildman–Crippen LogP) is 6.92. The van der Waals surface area contributed by atoms with Gasteiger partial charge < -0.3 is 39.7 Å². The van der Waals surface area contributed by atoms with E-state index in [1.165, 1.54) is 84.7 Å². The number of ether oxygens (including phenoxy) is 2.